The van der Waals surface area contributed by atoms with Crippen LogP contribution in [0.25, 0.3) is 0 Å². The molecule has 134 valence electrons. The van der Waals surface area contributed by atoms with Gasteiger partial charge in [-0.15, -0.1) is 10.2 Å². The highest BCUT2D eigenvalue weighted by atomic mass is 32.2. The lowest BCUT2D eigenvalue weighted by Crippen LogP contribution is -2.33. The Labute approximate surface area is 155 Å². The van der Waals surface area contributed by atoms with E-state index in [1.807, 2.05) is 18.2 Å². The smallest absolute Gasteiger partial charge is 0.230 e. The molecule has 0 spiro atoms. The fraction of sp³-hybridized carbons (Fsp3) is 0.471. The molecule has 0 saturated heterocycles. The lowest BCUT2D eigenvalue weighted by molar-refractivity contribution is -0.119. The fourth-order valence-corrected chi connectivity index (χ4v) is 3.88. The number of benzene rings is 1. The molecule has 1 aromatic heterocycles. The van der Waals surface area contributed by atoms with Gasteiger partial charge in [-0.1, -0.05) is 43.0 Å². The number of amides is 1. The SMILES string of the molecule is CC(C)C(NC(=O)CSc1nncs1)c1ccc2c(c1)OCCCO2. The number of fused-ring (bicyclic) bond motifs is 1. The molecule has 0 bridgehead atoms. The van der Waals surface area contributed by atoms with Crippen molar-refractivity contribution in [2.75, 3.05) is 19.0 Å². The minimum Gasteiger partial charge on any atom is -0.490 e. The van der Waals surface area contributed by atoms with Crippen LogP contribution in [0.4, 0.5) is 0 Å². The van der Waals surface area contributed by atoms with Crippen LogP contribution in [0.5, 0.6) is 11.5 Å². The Morgan fingerprint density at radius 3 is 2.84 bits per heavy atom. The summed E-state index contributed by atoms with van der Waals surface area (Å²) >= 11 is 2.83. The standard InChI is InChI=1S/C17H21N3O3S2/c1-11(2)16(19-15(21)9-24-17-20-18-10-25-17)12-4-5-13-14(8-12)23-7-3-6-22-13/h4-5,8,10-11,16H,3,6-7,9H2,1-2H3,(H,19,21). The number of rotatable bonds is 6. The number of ether oxygens (including phenoxy) is 2. The first-order valence-electron chi connectivity index (χ1n) is 8.21. The molecular formula is C17H21N3O3S2. The summed E-state index contributed by atoms with van der Waals surface area (Å²) < 4.78 is 12.2. The van der Waals surface area contributed by atoms with Crippen LogP contribution in [0.2, 0.25) is 0 Å². The van der Waals surface area contributed by atoms with E-state index in [0.29, 0.717) is 19.0 Å². The highest BCUT2D eigenvalue weighted by molar-refractivity contribution is 8.01. The van der Waals surface area contributed by atoms with Crippen LogP contribution < -0.4 is 14.8 Å². The van der Waals surface area contributed by atoms with Crippen molar-refractivity contribution in [3.8, 4) is 11.5 Å². The molecule has 0 aliphatic carbocycles. The Morgan fingerprint density at radius 2 is 2.12 bits per heavy atom. The molecule has 1 unspecified atom stereocenters. The summed E-state index contributed by atoms with van der Waals surface area (Å²) in [6.45, 7) is 5.49. The summed E-state index contributed by atoms with van der Waals surface area (Å²) in [5, 5.41) is 10.8. The van der Waals surface area contributed by atoms with Gasteiger partial charge in [-0.3, -0.25) is 4.79 Å². The fourth-order valence-electron chi connectivity index (χ4n) is 2.58. The van der Waals surface area contributed by atoms with Crippen molar-refractivity contribution in [1.82, 2.24) is 15.5 Å². The van der Waals surface area contributed by atoms with E-state index in [4.69, 9.17) is 9.47 Å². The van der Waals surface area contributed by atoms with Crippen LogP contribution in [-0.2, 0) is 4.79 Å². The number of thioether (sulfide) groups is 1. The van der Waals surface area contributed by atoms with E-state index >= 15 is 0 Å². The molecule has 1 atom stereocenters. The predicted octanol–water partition coefficient (Wildman–Crippen LogP) is 3.31. The van der Waals surface area contributed by atoms with Gasteiger partial charge < -0.3 is 14.8 Å². The van der Waals surface area contributed by atoms with Crippen LogP contribution in [-0.4, -0.2) is 35.1 Å². The van der Waals surface area contributed by atoms with Crippen molar-refractivity contribution >= 4 is 29.0 Å². The maximum atomic E-state index is 12.3. The van der Waals surface area contributed by atoms with Crippen molar-refractivity contribution < 1.29 is 14.3 Å². The summed E-state index contributed by atoms with van der Waals surface area (Å²) in [6.07, 6.45) is 0.872. The molecular weight excluding hydrogens is 358 g/mol. The second kappa shape index (κ2) is 8.53. The lowest BCUT2D eigenvalue weighted by atomic mass is 9.95. The molecule has 8 heteroatoms. The molecule has 3 rings (SSSR count). The van der Waals surface area contributed by atoms with E-state index in [-0.39, 0.29) is 17.9 Å². The monoisotopic (exact) mass is 379 g/mol. The van der Waals surface area contributed by atoms with Crippen LogP contribution in [0.15, 0.2) is 28.0 Å². The van der Waals surface area contributed by atoms with Gasteiger partial charge in [-0.05, 0) is 23.6 Å². The van der Waals surface area contributed by atoms with E-state index in [1.54, 1.807) is 5.51 Å². The van der Waals surface area contributed by atoms with Crippen molar-refractivity contribution in [3.63, 3.8) is 0 Å². The largest absolute Gasteiger partial charge is 0.490 e. The first-order valence-corrected chi connectivity index (χ1v) is 10.1. The van der Waals surface area contributed by atoms with Crippen LogP contribution in [0.1, 0.15) is 31.9 Å². The quantitative estimate of drug-likeness (QED) is 0.777. The molecule has 1 N–H and O–H groups in total. The number of hydrogen-bond acceptors (Lipinski definition) is 7. The summed E-state index contributed by atoms with van der Waals surface area (Å²) in [4.78, 5) is 12.3. The first-order chi connectivity index (χ1) is 12.1. The molecule has 0 radical (unpaired) electrons. The third kappa shape index (κ3) is 4.85. The Morgan fingerprint density at radius 1 is 1.32 bits per heavy atom. The number of aromatic nitrogens is 2. The number of nitrogens with zero attached hydrogens (tertiary/aromatic N) is 2. The molecule has 0 saturated carbocycles. The van der Waals surface area contributed by atoms with Crippen LogP contribution in [0, 0.1) is 5.92 Å². The summed E-state index contributed by atoms with van der Waals surface area (Å²) in [6, 6.07) is 5.81. The van der Waals surface area contributed by atoms with Crippen molar-refractivity contribution in [1.29, 1.82) is 0 Å². The highest BCUT2D eigenvalue weighted by Gasteiger charge is 2.21. The van der Waals surface area contributed by atoms with Crippen molar-refractivity contribution in [2.45, 2.75) is 30.6 Å². The Hall–Kier alpha value is -1.80. The minimum absolute atomic E-state index is 0.0222. The van der Waals surface area contributed by atoms with Gasteiger partial charge in [0.15, 0.2) is 15.8 Å². The van der Waals surface area contributed by atoms with Gasteiger partial charge in [0.1, 0.15) is 5.51 Å². The third-order valence-corrected chi connectivity index (χ3v) is 5.64. The van der Waals surface area contributed by atoms with E-state index in [2.05, 4.69) is 29.4 Å². The molecule has 1 aromatic carbocycles. The number of carbonyl (C=O) groups excluding carboxylic acids is 1. The third-order valence-electron chi connectivity index (χ3n) is 3.78. The zero-order valence-corrected chi connectivity index (χ0v) is 15.9. The van der Waals surface area contributed by atoms with Gasteiger partial charge in [0.25, 0.3) is 0 Å². The van der Waals surface area contributed by atoms with Gasteiger partial charge in [0, 0.05) is 6.42 Å². The van der Waals surface area contributed by atoms with E-state index in [1.165, 1.54) is 23.1 Å². The maximum Gasteiger partial charge on any atom is 0.230 e. The summed E-state index contributed by atoms with van der Waals surface area (Å²) in [7, 11) is 0. The van der Waals surface area contributed by atoms with Crippen molar-refractivity contribution in [3.05, 3.63) is 29.3 Å². The van der Waals surface area contributed by atoms with Gasteiger partial charge >= 0.3 is 0 Å². The minimum atomic E-state index is -0.0836. The van der Waals surface area contributed by atoms with Crippen LogP contribution >= 0.6 is 23.1 Å². The summed E-state index contributed by atoms with van der Waals surface area (Å²) in [5.74, 6) is 2.06. The topological polar surface area (TPSA) is 73.3 Å². The molecule has 1 aliphatic heterocycles. The van der Waals surface area contributed by atoms with Crippen LogP contribution in [0.3, 0.4) is 0 Å². The molecule has 6 nitrogen and oxygen atoms in total. The number of carbonyl (C=O) groups is 1. The van der Waals surface area contributed by atoms with Gasteiger partial charge in [-0.2, -0.15) is 0 Å². The van der Waals surface area contributed by atoms with Gasteiger partial charge in [-0.25, -0.2) is 0 Å². The van der Waals surface area contributed by atoms with E-state index < -0.39 is 0 Å². The first kappa shape index (κ1) is 18.0. The molecule has 2 aromatic rings. The Balaban J connectivity index is 1.68. The highest BCUT2D eigenvalue weighted by Crippen LogP contribution is 2.34. The van der Waals surface area contributed by atoms with E-state index in [9.17, 15) is 4.79 Å². The molecule has 0 fully saturated rings. The second-order valence-corrected chi connectivity index (χ2v) is 8.09. The molecule has 1 amide bonds. The lowest BCUT2D eigenvalue weighted by Gasteiger charge is -2.23. The van der Waals surface area contributed by atoms with Gasteiger partial charge in [0.05, 0.1) is 25.0 Å². The maximum absolute atomic E-state index is 12.3. The van der Waals surface area contributed by atoms with Gasteiger partial charge in [0.2, 0.25) is 5.91 Å². The zero-order valence-electron chi connectivity index (χ0n) is 14.2. The second-order valence-electron chi connectivity index (χ2n) is 6.04. The van der Waals surface area contributed by atoms with Crippen molar-refractivity contribution in [2.24, 2.45) is 5.92 Å². The number of hydrogen-bond donors (Lipinski definition) is 1. The average Bonchev–Trinajstić information content (AvgIpc) is 3.01. The summed E-state index contributed by atoms with van der Waals surface area (Å²) in [5.41, 5.74) is 2.68. The predicted molar refractivity (Wildman–Crippen MR) is 98.4 cm³/mol. The average molecular weight is 380 g/mol. The van der Waals surface area contributed by atoms with E-state index in [0.717, 1.165) is 27.8 Å². The Bertz CT molecular complexity index is 707. The molecule has 25 heavy (non-hydrogen) atoms. The zero-order chi connectivity index (χ0) is 17.6. The molecule has 1 aliphatic rings. The molecule has 2 heterocycles. The normalized spacial score (nSPS) is 14.8. The number of nitrogens with one attached hydrogen (secondary N) is 1. The Kier molecular flexibility index (Phi) is 6.14.